The lowest BCUT2D eigenvalue weighted by atomic mass is 9.86. The highest BCUT2D eigenvalue weighted by molar-refractivity contribution is 5.16. The molecule has 0 aliphatic rings. The molecule has 0 radical (unpaired) electrons. The second-order valence-corrected chi connectivity index (χ2v) is 5.42. The van der Waals surface area contributed by atoms with Gasteiger partial charge in [0.05, 0.1) is 0 Å². The summed E-state index contributed by atoms with van der Waals surface area (Å²) in [5.74, 6) is 1.31. The normalized spacial score (nSPS) is 12.9. The number of nitrogens with one attached hydrogen (secondary N) is 1. The average Bonchev–Trinajstić information content (AvgIpc) is 2.44. The molecule has 1 atom stereocenters. The van der Waals surface area contributed by atoms with Gasteiger partial charge in [0, 0.05) is 0 Å². The van der Waals surface area contributed by atoms with Crippen molar-refractivity contribution in [2.45, 2.75) is 46.5 Å². The summed E-state index contributed by atoms with van der Waals surface area (Å²) in [5, 5.41) is 3.46. The fourth-order valence-corrected chi connectivity index (χ4v) is 2.63. The molecule has 0 saturated heterocycles. The molecule has 1 unspecified atom stereocenters. The monoisotopic (exact) mass is 265 g/mol. The first-order chi connectivity index (χ1) is 9.19. The Morgan fingerprint density at radius 3 is 2.16 bits per heavy atom. The van der Waals surface area contributed by atoms with Crippen molar-refractivity contribution in [3.63, 3.8) is 0 Å². The van der Waals surface area contributed by atoms with E-state index in [0.29, 0.717) is 5.92 Å². The number of rotatable bonds is 9. The van der Waals surface area contributed by atoms with Gasteiger partial charge in [-0.2, -0.15) is 0 Å². The summed E-state index contributed by atoms with van der Waals surface area (Å²) in [6.07, 6.45) is 4.81. The maximum absolute atomic E-state index is 12.9. The number of halogens is 1. The Morgan fingerprint density at radius 1 is 1.00 bits per heavy atom. The van der Waals surface area contributed by atoms with E-state index in [1.807, 2.05) is 12.1 Å². The van der Waals surface area contributed by atoms with Gasteiger partial charge in [-0.3, -0.25) is 0 Å². The van der Waals surface area contributed by atoms with Gasteiger partial charge in [-0.05, 0) is 55.5 Å². The van der Waals surface area contributed by atoms with Crippen molar-refractivity contribution in [3.8, 4) is 0 Å². The molecule has 0 heterocycles. The Labute approximate surface area is 117 Å². The summed E-state index contributed by atoms with van der Waals surface area (Å²) in [5.41, 5.74) is 1.25. The zero-order valence-corrected chi connectivity index (χ0v) is 12.6. The van der Waals surface area contributed by atoms with E-state index in [-0.39, 0.29) is 5.82 Å². The third-order valence-electron chi connectivity index (χ3n) is 3.94. The summed E-state index contributed by atoms with van der Waals surface area (Å²) in [7, 11) is 0. The highest BCUT2D eigenvalue weighted by atomic mass is 19.1. The SMILES string of the molecule is CCNCC(Cc1ccc(F)cc1)CC(CC)CC. The highest BCUT2D eigenvalue weighted by Gasteiger charge is 2.14. The van der Waals surface area contributed by atoms with Crippen LogP contribution in [0.1, 0.15) is 45.6 Å². The molecule has 1 aromatic rings. The van der Waals surface area contributed by atoms with Crippen LogP contribution in [-0.4, -0.2) is 13.1 Å². The fourth-order valence-electron chi connectivity index (χ4n) is 2.63. The number of hydrogen-bond donors (Lipinski definition) is 1. The molecule has 0 fully saturated rings. The molecule has 0 aromatic heterocycles. The minimum Gasteiger partial charge on any atom is -0.317 e. The van der Waals surface area contributed by atoms with Gasteiger partial charge in [-0.25, -0.2) is 4.39 Å². The Morgan fingerprint density at radius 2 is 1.63 bits per heavy atom. The third kappa shape index (κ3) is 6.20. The van der Waals surface area contributed by atoms with Crippen LogP contribution in [-0.2, 0) is 6.42 Å². The van der Waals surface area contributed by atoms with Crippen molar-refractivity contribution in [1.82, 2.24) is 5.32 Å². The van der Waals surface area contributed by atoms with Crippen LogP contribution in [0.25, 0.3) is 0 Å². The third-order valence-corrected chi connectivity index (χ3v) is 3.94. The zero-order valence-electron chi connectivity index (χ0n) is 12.6. The molecule has 0 spiro atoms. The molecule has 1 aromatic carbocycles. The van der Waals surface area contributed by atoms with Crippen LogP contribution in [0.4, 0.5) is 4.39 Å². The topological polar surface area (TPSA) is 12.0 Å². The van der Waals surface area contributed by atoms with Crippen LogP contribution >= 0.6 is 0 Å². The first kappa shape index (κ1) is 16.2. The molecule has 1 rings (SSSR count). The Balaban J connectivity index is 2.59. The molecule has 19 heavy (non-hydrogen) atoms. The maximum Gasteiger partial charge on any atom is 0.123 e. The molecular formula is C17H28FN. The fraction of sp³-hybridized carbons (Fsp3) is 0.647. The average molecular weight is 265 g/mol. The summed E-state index contributed by atoms with van der Waals surface area (Å²) in [6.45, 7) is 8.77. The quantitative estimate of drug-likeness (QED) is 0.697. The first-order valence-corrected chi connectivity index (χ1v) is 7.64. The minimum atomic E-state index is -0.146. The largest absolute Gasteiger partial charge is 0.317 e. The Bertz CT molecular complexity index is 330. The van der Waals surface area contributed by atoms with Crippen molar-refractivity contribution in [1.29, 1.82) is 0 Å². The maximum atomic E-state index is 12.9. The van der Waals surface area contributed by atoms with E-state index in [2.05, 4.69) is 26.1 Å². The van der Waals surface area contributed by atoms with Crippen LogP contribution in [0.15, 0.2) is 24.3 Å². The van der Waals surface area contributed by atoms with Crippen molar-refractivity contribution in [3.05, 3.63) is 35.6 Å². The lowest BCUT2D eigenvalue weighted by Gasteiger charge is -2.22. The number of hydrogen-bond acceptors (Lipinski definition) is 1. The van der Waals surface area contributed by atoms with Crippen molar-refractivity contribution in [2.75, 3.05) is 13.1 Å². The van der Waals surface area contributed by atoms with Crippen molar-refractivity contribution in [2.24, 2.45) is 11.8 Å². The van der Waals surface area contributed by atoms with Crippen molar-refractivity contribution < 1.29 is 4.39 Å². The van der Waals surface area contributed by atoms with E-state index in [1.165, 1.54) is 24.8 Å². The summed E-state index contributed by atoms with van der Waals surface area (Å²) >= 11 is 0. The molecule has 0 amide bonds. The first-order valence-electron chi connectivity index (χ1n) is 7.64. The van der Waals surface area contributed by atoms with E-state index in [9.17, 15) is 4.39 Å². The van der Waals surface area contributed by atoms with E-state index in [4.69, 9.17) is 0 Å². The van der Waals surface area contributed by atoms with E-state index in [1.54, 1.807) is 12.1 Å². The highest BCUT2D eigenvalue weighted by Crippen LogP contribution is 2.22. The summed E-state index contributed by atoms with van der Waals surface area (Å²) in [6, 6.07) is 6.97. The van der Waals surface area contributed by atoms with Crippen LogP contribution < -0.4 is 5.32 Å². The molecule has 1 nitrogen and oxygen atoms in total. The van der Waals surface area contributed by atoms with Crippen molar-refractivity contribution >= 4 is 0 Å². The molecule has 0 aliphatic heterocycles. The van der Waals surface area contributed by atoms with Gasteiger partial charge in [0.1, 0.15) is 5.82 Å². The van der Waals surface area contributed by atoms with E-state index >= 15 is 0 Å². The second kappa shape index (κ2) is 9.08. The molecule has 0 aliphatic carbocycles. The lowest BCUT2D eigenvalue weighted by Crippen LogP contribution is -2.26. The number of benzene rings is 1. The van der Waals surface area contributed by atoms with Gasteiger partial charge < -0.3 is 5.32 Å². The molecule has 0 bridgehead atoms. The van der Waals surface area contributed by atoms with Crippen LogP contribution in [0.3, 0.4) is 0 Å². The summed E-state index contributed by atoms with van der Waals surface area (Å²) < 4.78 is 12.9. The molecule has 1 N–H and O–H groups in total. The molecular weight excluding hydrogens is 237 g/mol. The van der Waals surface area contributed by atoms with Crippen LogP contribution in [0, 0.1) is 17.7 Å². The predicted molar refractivity (Wildman–Crippen MR) is 80.8 cm³/mol. The van der Waals surface area contributed by atoms with Gasteiger partial charge in [-0.1, -0.05) is 45.7 Å². The van der Waals surface area contributed by atoms with Gasteiger partial charge in [-0.15, -0.1) is 0 Å². The standard InChI is InChI=1S/C17H28FN/c1-4-14(5-2)11-16(13-19-6-3)12-15-7-9-17(18)10-8-15/h7-10,14,16,19H,4-6,11-13H2,1-3H3. The zero-order chi connectivity index (χ0) is 14.1. The van der Waals surface area contributed by atoms with E-state index < -0.39 is 0 Å². The second-order valence-electron chi connectivity index (χ2n) is 5.42. The van der Waals surface area contributed by atoms with Gasteiger partial charge in [0.15, 0.2) is 0 Å². The predicted octanol–water partition coefficient (Wildman–Crippen LogP) is 4.42. The van der Waals surface area contributed by atoms with Crippen LogP contribution in [0.2, 0.25) is 0 Å². The molecule has 108 valence electrons. The van der Waals surface area contributed by atoms with Gasteiger partial charge in [0.25, 0.3) is 0 Å². The Hall–Kier alpha value is -0.890. The van der Waals surface area contributed by atoms with E-state index in [0.717, 1.165) is 25.4 Å². The molecule has 0 saturated carbocycles. The molecule has 2 heteroatoms. The van der Waals surface area contributed by atoms with Crippen LogP contribution in [0.5, 0.6) is 0 Å². The lowest BCUT2D eigenvalue weighted by molar-refractivity contribution is 0.340. The Kier molecular flexibility index (Phi) is 7.73. The van der Waals surface area contributed by atoms with Gasteiger partial charge >= 0.3 is 0 Å². The summed E-state index contributed by atoms with van der Waals surface area (Å²) in [4.78, 5) is 0. The van der Waals surface area contributed by atoms with Gasteiger partial charge in [0.2, 0.25) is 0 Å². The smallest absolute Gasteiger partial charge is 0.123 e. The minimum absolute atomic E-state index is 0.146.